The number of unbranched alkanes of at least 4 members (excludes halogenated alkanes) is 1. The molecule has 0 spiro atoms. The predicted molar refractivity (Wildman–Crippen MR) is 78.8 cm³/mol. The highest BCUT2D eigenvalue weighted by atomic mass is 16.5. The monoisotopic (exact) mass is 270 g/mol. The second kappa shape index (κ2) is 18.5. The van der Waals surface area contributed by atoms with Crippen molar-refractivity contribution in [3.05, 3.63) is 37.5 Å². The number of esters is 2. The van der Waals surface area contributed by atoms with Crippen LogP contribution in [-0.4, -0.2) is 25.7 Å². The standard InChI is InChI=1S/C7H12O2.C5H8O2.C3H6/c1-3-5-6-9-7(8)4-2;1-4(2)5(6)7-3;1-3-2/h4H,2-3,5-6H2,1H3;1H2,2-3H3;3H,1H2,2H3. The summed E-state index contributed by atoms with van der Waals surface area (Å²) in [5.74, 6) is -0.677. The zero-order valence-electron chi connectivity index (χ0n) is 12.5. The Bertz CT molecular complexity index is 280. The summed E-state index contributed by atoms with van der Waals surface area (Å²) in [5, 5.41) is 0. The normalized spacial score (nSPS) is 7.58. The average Bonchev–Trinajstić information content (AvgIpc) is 2.39. The summed E-state index contributed by atoms with van der Waals surface area (Å²) < 4.78 is 8.95. The van der Waals surface area contributed by atoms with Crippen molar-refractivity contribution in [2.45, 2.75) is 33.6 Å². The molecule has 0 N–H and O–H groups in total. The summed E-state index contributed by atoms with van der Waals surface area (Å²) in [7, 11) is 1.33. The fourth-order valence-corrected chi connectivity index (χ4v) is 0.550. The van der Waals surface area contributed by atoms with Gasteiger partial charge in [0.15, 0.2) is 0 Å². The quantitative estimate of drug-likeness (QED) is 0.332. The van der Waals surface area contributed by atoms with Gasteiger partial charge in [0.2, 0.25) is 0 Å². The Morgan fingerprint density at radius 2 is 1.74 bits per heavy atom. The van der Waals surface area contributed by atoms with E-state index < -0.39 is 0 Å². The van der Waals surface area contributed by atoms with Crippen molar-refractivity contribution in [2.24, 2.45) is 0 Å². The lowest BCUT2D eigenvalue weighted by Gasteiger charge is -1.97. The summed E-state index contributed by atoms with van der Waals surface area (Å²) >= 11 is 0. The minimum Gasteiger partial charge on any atom is -0.466 e. The number of hydrogen-bond donors (Lipinski definition) is 0. The van der Waals surface area contributed by atoms with Crippen molar-refractivity contribution in [1.29, 1.82) is 0 Å². The second-order valence-corrected chi connectivity index (χ2v) is 3.41. The Kier molecular flexibility index (Phi) is 21.8. The van der Waals surface area contributed by atoms with Crippen molar-refractivity contribution in [3.8, 4) is 0 Å². The molecule has 0 saturated carbocycles. The van der Waals surface area contributed by atoms with E-state index in [0.717, 1.165) is 12.8 Å². The van der Waals surface area contributed by atoms with E-state index in [1.807, 2.05) is 13.8 Å². The van der Waals surface area contributed by atoms with Gasteiger partial charge in [-0.05, 0) is 20.3 Å². The second-order valence-electron chi connectivity index (χ2n) is 3.41. The van der Waals surface area contributed by atoms with Gasteiger partial charge < -0.3 is 9.47 Å². The first-order chi connectivity index (χ1) is 8.90. The molecule has 0 aliphatic heterocycles. The maximum atomic E-state index is 10.3. The molecule has 0 rings (SSSR count). The lowest BCUT2D eigenvalue weighted by Crippen LogP contribution is -2.00. The van der Waals surface area contributed by atoms with Crippen LogP contribution in [0.1, 0.15) is 33.6 Å². The van der Waals surface area contributed by atoms with Crippen LogP contribution in [0.3, 0.4) is 0 Å². The average molecular weight is 270 g/mol. The molecule has 0 aliphatic carbocycles. The maximum absolute atomic E-state index is 10.3. The van der Waals surface area contributed by atoms with Crippen molar-refractivity contribution in [2.75, 3.05) is 13.7 Å². The molecule has 0 aromatic heterocycles. The van der Waals surface area contributed by atoms with Gasteiger partial charge in [-0.25, -0.2) is 9.59 Å². The Morgan fingerprint density at radius 3 is 1.95 bits per heavy atom. The third-order valence-corrected chi connectivity index (χ3v) is 1.44. The number of rotatable bonds is 5. The highest BCUT2D eigenvalue weighted by molar-refractivity contribution is 5.86. The predicted octanol–water partition coefficient (Wildman–Crippen LogP) is 3.44. The van der Waals surface area contributed by atoms with Crippen molar-refractivity contribution < 1.29 is 19.1 Å². The maximum Gasteiger partial charge on any atom is 0.332 e. The Balaban J connectivity index is -0.000000228. The molecular formula is C15H26O4. The van der Waals surface area contributed by atoms with E-state index in [4.69, 9.17) is 0 Å². The molecule has 4 heteroatoms. The van der Waals surface area contributed by atoms with Gasteiger partial charge in [0, 0.05) is 11.6 Å². The molecule has 110 valence electrons. The van der Waals surface area contributed by atoms with Crippen molar-refractivity contribution in [3.63, 3.8) is 0 Å². The SMILES string of the molecule is C=C(C)C(=O)OC.C=CC.C=CC(=O)OCCCC. The van der Waals surface area contributed by atoms with Crippen LogP contribution < -0.4 is 0 Å². The van der Waals surface area contributed by atoms with Crippen molar-refractivity contribution >= 4 is 11.9 Å². The van der Waals surface area contributed by atoms with Crippen LogP contribution >= 0.6 is 0 Å². The summed E-state index contributed by atoms with van der Waals surface area (Å²) in [6.07, 6.45) is 4.90. The molecule has 4 nitrogen and oxygen atoms in total. The van der Waals surface area contributed by atoms with Gasteiger partial charge >= 0.3 is 11.9 Å². The lowest BCUT2D eigenvalue weighted by molar-refractivity contribution is -0.138. The van der Waals surface area contributed by atoms with Gasteiger partial charge in [-0.15, -0.1) is 6.58 Å². The summed E-state index contributed by atoms with van der Waals surface area (Å²) in [6, 6.07) is 0. The molecule has 0 bridgehead atoms. The van der Waals surface area contributed by atoms with E-state index >= 15 is 0 Å². The molecule has 0 unspecified atom stereocenters. The van der Waals surface area contributed by atoms with Crippen LogP contribution in [0.15, 0.2) is 37.5 Å². The zero-order valence-corrected chi connectivity index (χ0v) is 12.5. The third-order valence-electron chi connectivity index (χ3n) is 1.44. The van der Waals surface area contributed by atoms with Gasteiger partial charge in [-0.3, -0.25) is 0 Å². The molecule has 0 aromatic carbocycles. The molecule has 0 fully saturated rings. The van der Waals surface area contributed by atoms with E-state index in [1.54, 1.807) is 13.0 Å². The Labute approximate surface area is 116 Å². The van der Waals surface area contributed by atoms with Gasteiger partial charge in [0.25, 0.3) is 0 Å². The van der Waals surface area contributed by atoms with Crippen LogP contribution in [0.4, 0.5) is 0 Å². The van der Waals surface area contributed by atoms with Gasteiger partial charge in [-0.1, -0.05) is 32.6 Å². The number of ether oxygens (including phenoxy) is 2. The molecular weight excluding hydrogens is 244 g/mol. The Hall–Kier alpha value is -1.84. The number of allylic oxidation sites excluding steroid dienone is 1. The molecule has 0 aromatic rings. The molecule has 0 aliphatic rings. The largest absolute Gasteiger partial charge is 0.466 e. The van der Waals surface area contributed by atoms with Gasteiger partial charge in [0.1, 0.15) is 0 Å². The minimum atomic E-state index is -0.347. The van der Waals surface area contributed by atoms with Gasteiger partial charge in [-0.2, -0.15) is 0 Å². The van der Waals surface area contributed by atoms with Crippen LogP contribution in [0.5, 0.6) is 0 Å². The molecule has 0 radical (unpaired) electrons. The van der Waals surface area contributed by atoms with Crippen LogP contribution in [0.25, 0.3) is 0 Å². The molecule has 0 amide bonds. The number of carbonyl (C=O) groups is 2. The van der Waals surface area contributed by atoms with E-state index in [-0.39, 0.29) is 11.9 Å². The van der Waals surface area contributed by atoms with E-state index in [0.29, 0.717) is 12.2 Å². The number of hydrogen-bond acceptors (Lipinski definition) is 4. The fourth-order valence-electron chi connectivity index (χ4n) is 0.550. The topological polar surface area (TPSA) is 52.6 Å². The molecule has 0 atom stereocenters. The number of carbonyl (C=O) groups excluding carboxylic acids is 2. The molecule has 0 saturated heterocycles. The zero-order chi connectivity index (χ0) is 15.7. The lowest BCUT2D eigenvalue weighted by atomic mass is 10.4. The third kappa shape index (κ3) is 26.0. The van der Waals surface area contributed by atoms with Crippen molar-refractivity contribution in [1.82, 2.24) is 0 Å². The fraction of sp³-hybridized carbons (Fsp3) is 0.467. The van der Waals surface area contributed by atoms with E-state index in [1.165, 1.54) is 13.2 Å². The van der Waals surface area contributed by atoms with Gasteiger partial charge in [0.05, 0.1) is 13.7 Å². The summed E-state index contributed by atoms with van der Waals surface area (Å²) in [4.78, 5) is 20.5. The first kappa shape index (κ1) is 22.3. The smallest absolute Gasteiger partial charge is 0.332 e. The minimum absolute atomic E-state index is 0.330. The summed E-state index contributed by atoms with van der Waals surface area (Å²) in [6.45, 7) is 16.0. The molecule has 0 heterocycles. The molecule has 19 heavy (non-hydrogen) atoms. The Morgan fingerprint density at radius 1 is 1.26 bits per heavy atom. The summed E-state index contributed by atoms with van der Waals surface area (Å²) in [5.41, 5.74) is 0.433. The van der Waals surface area contributed by atoms with E-state index in [2.05, 4.69) is 29.2 Å². The van der Waals surface area contributed by atoms with Crippen LogP contribution in [0, 0.1) is 0 Å². The first-order valence-electron chi connectivity index (χ1n) is 6.01. The van der Waals surface area contributed by atoms with Crippen LogP contribution in [0.2, 0.25) is 0 Å². The van der Waals surface area contributed by atoms with Crippen LogP contribution in [-0.2, 0) is 19.1 Å². The van der Waals surface area contributed by atoms with E-state index in [9.17, 15) is 9.59 Å². The highest BCUT2D eigenvalue weighted by Gasteiger charge is 1.95. The first-order valence-corrected chi connectivity index (χ1v) is 6.01. The number of methoxy groups -OCH3 is 1. The highest BCUT2D eigenvalue weighted by Crippen LogP contribution is 1.88.